The number of nitrogens with one attached hydrogen (secondary N) is 1. The van der Waals surface area contributed by atoms with Crippen molar-refractivity contribution in [1.29, 1.82) is 0 Å². The van der Waals surface area contributed by atoms with Crippen LogP contribution in [-0.2, 0) is 0 Å². The number of nitrogens with two attached hydrogens (primary N) is 1. The van der Waals surface area contributed by atoms with Gasteiger partial charge in [0.25, 0.3) is 0 Å². The van der Waals surface area contributed by atoms with E-state index < -0.39 is 0 Å². The van der Waals surface area contributed by atoms with Gasteiger partial charge < -0.3 is 11.1 Å². The Morgan fingerprint density at radius 1 is 1.44 bits per heavy atom. The summed E-state index contributed by atoms with van der Waals surface area (Å²) < 4.78 is 1.11. The van der Waals surface area contributed by atoms with Crippen LogP contribution in [0.2, 0.25) is 0 Å². The summed E-state index contributed by atoms with van der Waals surface area (Å²) in [5.41, 5.74) is 7.22. The molecule has 0 aromatic heterocycles. The van der Waals surface area contributed by atoms with Crippen LogP contribution in [-0.4, -0.2) is 12.1 Å². The molecule has 0 spiro atoms. The largest absolute Gasteiger partial charge is 0.378 e. The van der Waals surface area contributed by atoms with Gasteiger partial charge >= 0.3 is 0 Å². The Kier molecular flexibility index (Phi) is 3.55. The minimum atomic E-state index is 0.118. The minimum Gasteiger partial charge on any atom is -0.378 e. The van der Waals surface area contributed by atoms with Gasteiger partial charge in [-0.05, 0) is 49.4 Å². The number of halogens is 1. The smallest absolute Gasteiger partial charge is 0.0498 e. The van der Waals surface area contributed by atoms with E-state index in [4.69, 9.17) is 5.73 Å². The van der Waals surface area contributed by atoms with E-state index in [1.54, 1.807) is 0 Å². The van der Waals surface area contributed by atoms with Crippen molar-refractivity contribution in [1.82, 2.24) is 0 Å². The number of hydrogen-bond acceptors (Lipinski definition) is 2. The Balaban J connectivity index is 2.10. The zero-order valence-electron chi connectivity index (χ0n) is 9.67. The lowest BCUT2D eigenvalue weighted by molar-refractivity contribution is 0.470. The Morgan fingerprint density at radius 3 is 2.62 bits per heavy atom. The first kappa shape index (κ1) is 11.9. The molecule has 88 valence electrons. The summed E-state index contributed by atoms with van der Waals surface area (Å²) >= 11 is 3.45. The van der Waals surface area contributed by atoms with Crippen molar-refractivity contribution in [2.24, 2.45) is 11.7 Å². The molecule has 2 rings (SSSR count). The molecule has 3 heteroatoms. The van der Waals surface area contributed by atoms with Gasteiger partial charge in [0.15, 0.2) is 0 Å². The van der Waals surface area contributed by atoms with Crippen LogP contribution in [0.4, 0.5) is 5.69 Å². The molecule has 0 aliphatic heterocycles. The summed E-state index contributed by atoms with van der Waals surface area (Å²) in [7, 11) is 0. The third-order valence-electron chi connectivity index (χ3n) is 3.50. The maximum atomic E-state index is 5.94. The average Bonchev–Trinajstić information content (AvgIpc) is 2.64. The maximum absolute atomic E-state index is 5.94. The predicted octanol–water partition coefficient (Wildman–Crippen LogP) is 3.38. The third-order valence-corrected chi connectivity index (χ3v) is 4.03. The zero-order valence-corrected chi connectivity index (χ0v) is 11.3. The molecular formula is C13H19BrN2. The summed E-state index contributed by atoms with van der Waals surface area (Å²) in [5, 5.41) is 3.62. The molecule has 1 saturated carbocycles. The fourth-order valence-electron chi connectivity index (χ4n) is 2.58. The Bertz CT molecular complexity index is 349. The lowest BCUT2D eigenvalue weighted by Crippen LogP contribution is -2.43. The highest BCUT2D eigenvalue weighted by atomic mass is 79.9. The highest BCUT2D eigenvalue weighted by Gasteiger charge is 2.35. The summed E-state index contributed by atoms with van der Waals surface area (Å²) in [6.07, 6.45) is 3.64. The van der Waals surface area contributed by atoms with Gasteiger partial charge in [0.2, 0.25) is 0 Å². The molecule has 0 amide bonds. The monoisotopic (exact) mass is 282 g/mol. The molecule has 2 atom stereocenters. The van der Waals surface area contributed by atoms with Crippen molar-refractivity contribution >= 4 is 21.6 Å². The quantitative estimate of drug-likeness (QED) is 0.892. The summed E-state index contributed by atoms with van der Waals surface area (Å²) in [5.74, 6) is 0.784. The molecule has 0 bridgehead atoms. The van der Waals surface area contributed by atoms with Crippen LogP contribution >= 0.6 is 15.9 Å². The molecule has 0 heterocycles. The Hall–Kier alpha value is -0.540. The Morgan fingerprint density at radius 2 is 2.12 bits per heavy atom. The second kappa shape index (κ2) is 4.76. The van der Waals surface area contributed by atoms with Gasteiger partial charge in [-0.25, -0.2) is 0 Å². The second-order valence-corrected chi connectivity index (χ2v) is 5.88. The molecule has 1 aromatic rings. The van der Waals surface area contributed by atoms with Gasteiger partial charge in [0.1, 0.15) is 0 Å². The van der Waals surface area contributed by atoms with Crippen molar-refractivity contribution in [3.8, 4) is 0 Å². The fourth-order valence-corrected chi connectivity index (χ4v) is 2.85. The van der Waals surface area contributed by atoms with Gasteiger partial charge in [0, 0.05) is 22.2 Å². The van der Waals surface area contributed by atoms with Crippen LogP contribution in [0.3, 0.4) is 0 Å². The van der Waals surface area contributed by atoms with E-state index in [9.17, 15) is 0 Å². The first-order valence-corrected chi connectivity index (χ1v) is 6.67. The summed E-state index contributed by atoms with van der Waals surface area (Å²) in [6.45, 7) is 3.02. The van der Waals surface area contributed by atoms with E-state index in [-0.39, 0.29) is 5.54 Å². The molecule has 0 radical (unpaired) electrons. The normalized spacial score (nSPS) is 29.3. The molecule has 2 unspecified atom stereocenters. The van der Waals surface area contributed by atoms with Crippen LogP contribution in [0.15, 0.2) is 28.7 Å². The van der Waals surface area contributed by atoms with Crippen molar-refractivity contribution in [2.45, 2.75) is 31.7 Å². The number of rotatable bonds is 3. The van der Waals surface area contributed by atoms with Crippen molar-refractivity contribution in [3.05, 3.63) is 28.7 Å². The van der Waals surface area contributed by atoms with Crippen LogP contribution in [0.25, 0.3) is 0 Å². The fraction of sp³-hybridized carbons (Fsp3) is 0.538. The van der Waals surface area contributed by atoms with Crippen LogP contribution in [0.1, 0.15) is 26.2 Å². The van der Waals surface area contributed by atoms with Gasteiger partial charge in [-0.1, -0.05) is 22.9 Å². The van der Waals surface area contributed by atoms with Gasteiger partial charge in [0.05, 0.1) is 0 Å². The number of anilines is 1. The lowest BCUT2D eigenvalue weighted by Gasteiger charge is -2.30. The van der Waals surface area contributed by atoms with E-state index in [0.717, 1.165) is 10.4 Å². The molecule has 1 aromatic carbocycles. The maximum Gasteiger partial charge on any atom is 0.0498 e. The molecule has 0 saturated heterocycles. The van der Waals surface area contributed by atoms with E-state index in [0.29, 0.717) is 6.54 Å². The highest BCUT2D eigenvalue weighted by Crippen LogP contribution is 2.36. The molecule has 1 fully saturated rings. The predicted molar refractivity (Wildman–Crippen MR) is 72.6 cm³/mol. The molecule has 3 N–H and O–H groups in total. The van der Waals surface area contributed by atoms with E-state index >= 15 is 0 Å². The first-order valence-electron chi connectivity index (χ1n) is 5.87. The summed E-state index contributed by atoms with van der Waals surface area (Å²) in [4.78, 5) is 0. The average molecular weight is 283 g/mol. The van der Waals surface area contributed by atoms with Gasteiger partial charge in [-0.15, -0.1) is 0 Å². The topological polar surface area (TPSA) is 38.0 Å². The first-order chi connectivity index (χ1) is 7.63. The molecular weight excluding hydrogens is 264 g/mol. The molecule has 1 aliphatic carbocycles. The number of hydrogen-bond donors (Lipinski definition) is 2. The van der Waals surface area contributed by atoms with Crippen LogP contribution in [0.5, 0.6) is 0 Å². The standard InChI is InChI=1S/C13H19BrN2/c1-10-6-7-13(8-10,9-15)16-12-4-2-11(14)3-5-12/h2-5,10,16H,6-9,15H2,1H3. The number of benzene rings is 1. The molecule has 2 nitrogen and oxygen atoms in total. The SMILES string of the molecule is CC1CCC(CN)(Nc2ccc(Br)cc2)C1. The van der Waals surface area contributed by atoms with Crippen LogP contribution in [0, 0.1) is 5.92 Å². The minimum absolute atomic E-state index is 0.118. The van der Waals surface area contributed by atoms with E-state index in [1.165, 1.54) is 24.9 Å². The molecule has 1 aliphatic rings. The summed E-state index contributed by atoms with van der Waals surface area (Å²) in [6, 6.07) is 8.32. The lowest BCUT2D eigenvalue weighted by atomic mass is 9.96. The van der Waals surface area contributed by atoms with Gasteiger partial charge in [-0.3, -0.25) is 0 Å². The highest BCUT2D eigenvalue weighted by molar-refractivity contribution is 9.10. The van der Waals surface area contributed by atoms with Crippen molar-refractivity contribution in [2.75, 3.05) is 11.9 Å². The van der Waals surface area contributed by atoms with Crippen molar-refractivity contribution < 1.29 is 0 Å². The Labute approximate surface area is 106 Å². The van der Waals surface area contributed by atoms with Crippen LogP contribution < -0.4 is 11.1 Å². The van der Waals surface area contributed by atoms with E-state index in [1.807, 2.05) is 0 Å². The van der Waals surface area contributed by atoms with E-state index in [2.05, 4.69) is 52.4 Å². The second-order valence-electron chi connectivity index (χ2n) is 4.96. The van der Waals surface area contributed by atoms with Crippen molar-refractivity contribution in [3.63, 3.8) is 0 Å². The third kappa shape index (κ3) is 2.58. The molecule has 16 heavy (non-hydrogen) atoms. The van der Waals surface area contributed by atoms with Gasteiger partial charge in [-0.2, -0.15) is 0 Å². The zero-order chi connectivity index (χ0) is 11.6.